The maximum Gasteiger partial charge on any atom is 0.138 e. The highest BCUT2D eigenvalue weighted by molar-refractivity contribution is 7.99. The van der Waals surface area contributed by atoms with Gasteiger partial charge in [0.05, 0.1) is 12.0 Å². The normalized spacial score (nSPS) is 18.3. The number of hydrogen-bond donors (Lipinski definition) is 0. The van der Waals surface area contributed by atoms with Crippen molar-refractivity contribution in [3.05, 3.63) is 53.1 Å². The third-order valence-corrected chi connectivity index (χ3v) is 6.44. The van der Waals surface area contributed by atoms with Crippen molar-refractivity contribution in [1.82, 2.24) is 4.90 Å². The van der Waals surface area contributed by atoms with Gasteiger partial charge in [0.15, 0.2) is 0 Å². The molecule has 1 atom stereocenters. The average Bonchev–Trinajstić information content (AvgIpc) is 3.14. The number of fused-ring (bicyclic) bond motifs is 2. The number of benzene rings is 2. The summed E-state index contributed by atoms with van der Waals surface area (Å²) in [6, 6.07) is 13.2. The minimum atomic E-state index is 0.610. The summed E-state index contributed by atoms with van der Waals surface area (Å²) < 4.78 is 11.2. The van der Waals surface area contributed by atoms with Gasteiger partial charge in [-0.15, -0.1) is 0 Å². The molecule has 0 unspecified atom stereocenters. The maximum absolute atomic E-state index is 5.67. The van der Waals surface area contributed by atoms with Gasteiger partial charge in [-0.2, -0.15) is 0 Å². The van der Waals surface area contributed by atoms with Gasteiger partial charge in [-0.1, -0.05) is 30.0 Å². The molecule has 1 aliphatic carbocycles. The Balaban J connectivity index is 1.38. The zero-order chi connectivity index (χ0) is 17.9. The van der Waals surface area contributed by atoms with Crippen molar-refractivity contribution in [2.45, 2.75) is 36.5 Å². The lowest BCUT2D eigenvalue weighted by Gasteiger charge is -2.30. The average molecular weight is 370 g/mol. The third-order valence-electron chi connectivity index (χ3n) is 5.56. The molecule has 0 N–H and O–H groups in total. The predicted molar refractivity (Wildman–Crippen MR) is 108 cm³/mol. The molecule has 2 aliphatic rings. The van der Waals surface area contributed by atoms with E-state index in [1.54, 1.807) is 18.9 Å². The van der Waals surface area contributed by atoms with Crippen molar-refractivity contribution in [2.75, 3.05) is 33.2 Å². The first-order valence-electron chi connectivity index (χ1n) is 9.47. The standard InChI is InChI=1S/C22H27NO2S/c1-23(12-11-16-9-10-22-21(13-16)25-15-26-22)14-17-5-3-7-19-18(17)6-4-8-20(19)24-2/h4,6,8-10,13,17H,3,5,7,11-12,14-15H2,1-2H3/t17-/m0/s1. The van der Waals surface area contributed by atoms with Crippen LogP contribution in [-0.4, -0.2) is 38.1 Å². The molecule has 0 spiro atoms. The van der Waals surface area contributed by atoms with Crippen LogP contribution in [0.15, 0.2) is 41.3 Å². The van der Waals surface area contributed by atoms with Crippen molar-refractivity contribution in [3.63, 3.8) is 0 Å². The molecule has 2 aromatic rings. The van der Waals surface area contributed by atoms with E-state index < -0.39 is 0 Å². The quantitative estimate of drug-likeness (QED) is 0.734. The summed E-state index contributed by atoms with van der Waals surface area (Å²) in [7, 11) is 4.03. The Morgan fingerprint density at radius 3 is 3.08 bits per heavy atom. The lowest BCUT2D eigenvalue weighted by molar-refractivity contribution is 0.299. The molecule has 1 aliphatic heterocycles. The first kappa shape index (κ1) is 17.7. The Labute approximate surface area is 160 Å². The van der Waals surface area contributed by atoms with Gasteiger partial charge in [0.1, 0.15) is 17.4 Å². The number of rotatable bonds is 6. The van der Waals surface area contributed by atoms with Crippen molar-refractivity contribution in [1.29, 1.82) is 0 Å². The summed E-state index contributed by atoms with van der Waals surface area (Å²) in [4.78, 5) is 3.75. The Bertz CT molecular complexity index is 777. The minimum Gasteiger partial charge on any atom is -0.496 e. The summed E-state index contributed by atoms with van der Waals surface area (Å²) in [5.41, 5.74) is 4.28. The fourth-order valence-electron chi connectivity index (χ4n) is 4.18. The second-order valence-corrected chi connectivity index (χ2v) is 8.28. The van der Waals surface area contributed by atoms with Crippen LogP contribution in [0.3, 0.4) is 0 Å². The van der Waals surface area contributed by atoms with E-state index in [-0.39, 0.29) is 0 Å². The van der Waals surface area contributed by atoms with E-state index in [1.165, 1.54) is 34.4 Å². The van der Waals surface area contributed by atoms with Crippen LogP contribution in [-0.2, 0) is 12.8 Å². The van der Waals surface area contributed by atoms with Crippen LogP contribution in [0.5, 0.6) is 11.5 Å². The van der Waals surface area contributed by atoms with Gasteiger partial charge in [-0.25, -0.2) is 0 Å². The molecule has 0 bridgehead atoms. The van der Waals surface area contributed by atoms with Gasteiger partial charge < -0.3 is 14.4 Å². The molecule has 138 valence electrons. The number of ether oxygens (including phenoxy) is 2. The molecule has 26 heavy (non-hydrogen) atoms. The van der Waals surface area contributed by atoms with Gasteiger partial charge in [-0.05, 0) is 73.5 Å². The Kier molecular flexibility index (Phi) is 5.41. The van der Waals surface area contributed by atoms with E-state index >= 15 is 0 Å². The molecule has 0 saturated heterocycles. The monoisotopic (exact) mass is 369 g/mol. The van der Waals surface area contributed by atoms with Crippen molar-refractivity contribution in [3.8, 4) is 11.5 Å². The molecule has 4 heteroatoms. The molecule has 2 aromatic carbocycles. The molecule has 3 nitrogen and oxygen atoms in total. The second kappa shape index (κ2) is 7.93. The molecule has 0 saturated carbocycles. The Morgan fingerprint density at radius 1 is 1.27 bits per heavy atom. The summed E-state index contributed by atoms with van der Waals surface area (Å²) in [6.07, 6.45) is 4.74. The first-order valence-corrected chi connectivity index (χ1v) is 10.5. The second-order valence-electron chi connectivity index (χ2n) is 7.32. The van der Waals surface area contributed by atoms with Crippen molar-refractivity contribution in [2.24, 2.45) is 0 Å². The Hall–Kier alpha value is -1.65. The van der Waals surface area contributed by atoms with Crippen LogP contribution in [0.25, 0.3) is 0 Å². The van der Waals surface area contributed by atoms with Crippen LogP contribution in [0.2, 0.25) is 0 Å². The number of thioether (sulfide) groups is 1. The van der Waals surface area contributed by atoms with Crippen LogP contribution in [0.1, 0.15) is 35.4 Å². The van der Waals surface area contributed by atoms with Crippen molar-refractivity contribution >= 4 is 11.8 Å². The van der Waals surface area contributed by atoms with Gasteiger partial charge >= 0.3 is 0 Å². The van der Waals surface area contributed by atoms with Gasteiger partial charge in [0, 0.05) is 13.1 Å². The number of likely N-dealkylation sites (N-methyl/N-ethyl adjacent to an activating group) is 1. The molecule has 0 fully saturated rings. The lowest BCUT2D eigenvalue weighted by Crippen LogP contribution is -2.28. The van der Waals surface area contributed by atoms with E-state index in [9.17, 15) is 0 Å². The first-order chi connectivity index (χ1) is 12.7. The Morgan fingerprint density at radius 2 is 2.19 bits per heavy atom. The summed E-state index contributed by atoms with van der Waals surface area (Å²) in [6.45, 7) is 2.18. The fourth-order valence-corrected chi connectivity index (χ4v) is 4.92. The number of methoxy groups -OCH3 is 1. The maximum atomic E-state index is 5.67. The molecular weight excluding hydrogens is 342 g/mol. The fraction of sp³-hybridized carbons (Fsp3) is 0.455. The number of nitrogens with zero attached hydrogens (tertiary/aromatic N) is 1. The zero-order valence-electron chi connectivity index (χ0n) is 15.7. The van der Waals surface area contributed by atoms with Crippen LogP contribution < -0.4 is 9.47 Å². The minimum absolute atomic E-state index is 0.610. The third kappa shape index (κ3) is 3.72. The topological polar surface area (TPSA) is 21.7 Å². The van der Waals surface area contributed by atoms with Crippen LogP contribution in [0, 0.1) is 0 Å². The van der Waals surface area contributed by atoms with E-state index in [0.717, 1.165) is 43.4 Å². The van der Waals surface area contributed by atoms with E-state index in [0.29, 0.717) is 5.92 Å². The predicted octanol–water partition coefficient (Wildman–Crippen LogP) is 4.73. The zero-order valence-corrected chi connectivity index (χ0v) is 16.5. The lowest BCUT2D eigenvalue weighted by atomic mass is 9.82. The van der Waals surface area contributed by atoms with Crippen molar-refractivity contribution < 1.29 is 9.47 Å². The van der Waals surface area contributed by atoms with Gasteiger partial charge in [-0.3, -0.25) is 0 Å². The molecular formula is C22H27NO2S. The molecule has 4 rings (SSSR count). The van der Waals surface area contributed by atoms with E-state index in [2.05, 4.69) is 48.3 Å². The highest BCUT2D eigenvalue weighted by Gasteiger charge is 2.23. The van der Waals surface area contributed by atoms with Gasteiger partial charge in [0.25, 0.3) is 0 Å². The molecule has 0 radical (unpaired) electrons. The molecule has 0 amide bonds. The number of hydrogen-bond acceptors (Lipinski definition) is 4. The van der Waals surface area contributed by atoms with Gasteiger partial charge in [0.2, 0.25) is 0 Å². The molecule has 1 heterocycles. The summed E-state index contributed by atoms with van der Waals surface area (Å²) >= 11 is 1.78. The highest BCUT2D eigenvalue weighted by atomic mass is 32.2. The smallest absolute Gasteiger partial charge is 0.138 e. The van der Waals surface area contributed by atoms with Crippen LogP contribution >= 0.6 is 11.8 Å². The highest BCUT2D eigenvalue weighted by Crippen LogP contribution is 2.38. The largest absolute Gasteiger partial charge is 0.496 e. The SMILES string of the molecule is COc1cccc2c1CCC[C@H]2CN(C)CCc1ccc2c(c1)OCS2. The van der Waals surface area contributed by atoms with E-state index in [1.807, 2.05) is 0 Å². The van der Waals surface area contributed by atoms with Crippen LogP contribution in [0.4, 0.5) is 0 Å². The summed E-state index contributed by atoms with van der Waals surface area (Å²) in [5.74, 6) is 3.48. The summed E-state index contributed by atoms with van der Waals surface area (Å²) in [5, 5.41) is 0. The molecule has 0 aromatic heterocycles. The van der Waals surface area contributed by atoms with E-state index in [4.69, 9.17) is 9.47 Å².